The SMILES string of the molecule is CN1CCN(c2ncccn2)CC1c1nnc2ccc(C(=O)NCCN3CCCC3)cn12.O=C(O)C(F)(F)F.O=C(O)C(F)(F)F. The molecule has 2 saturated heterocycles. The largest absolute Gasteiger partial charge is 0.490 e. The molecule has 0 aromatic carbocycles. The molecule has 252 valence electrons. The fourth-order valence-corrected chi connectivity index (χ4v) is 4.49. The maximum atomic E-state index is 12.8. The number of carboxylic acid groups (broad SMARTS) is 2. The standard InChI is InChI=1S/C22H29N9O.2C2HF3O2/c1-28-13-14-30(22-24-7-4-8-25-22)16-18(28)20-27-26-19-6-5-17(15-31(19)20)21(32)23-9-12-29-10-2-3-11-29;2*3-2(4,5)1(6)7/h4-8,15,18H,2-3,9-14,16H2,1H3,(H,23,32);2*(H,6,7). The van der Waals surface area contributed by atoms with Gasteiger partial charge in [-0.25, -0.2) is 19.6 Å². The van der Waals surface area contributed by atoms with Crippen LogP contribution in [-0.4, -0.2) is 128 Å². The topological polar surface area (TPSA) is 169 Å². The molecule has 0 saturated carbocycles. The zero-order valence-electron chi connectivity index (χ0n) is 24.4. The van der Waals surface area contributed by atoms with Gasteiger partial charge in [0.25, 0.3) is 5.91 Å². The molecular weight excluding hydrogens is 632 g/mol. The summed E-state index contributed by atoms with van der Waals surface area (Å²) in [4.78, 5) is 46.2. The highest BCUT2D eigenvalue weighted by atomic mass is 19.4. The van der Waals surface area contributed by atoms with E-state index in [2.05, 4.69) is 47.2 Å². The third kappa shape index (κ3) is 10.2. The molecule has 1 atom stereocenters. The van der Waals surface area contributed by atoms with Crippen LogP contribution < -0.4 is 10.2 Å². The van der Waals surface area contributed by atoms with Gasteiger partial charge < -0.3 is 25.3 Å². The molecule has 3 aromatic heterocycles. The molecule has 3 aromatic rings. The van der Waals surface area contributed by atoms with Crippen molar-refractivity contribution in [1.29, 1.82) is 0 Å². The molecule has 2 fully saturated rings. The number of likely N-dealkylation sites (tertiary alicyclic amines) is 1. The quantitative estimate of drug-likeness (QED) is 0.329. The van der Waals surface area contributed by atoms with Crippen molar-refractivity contribution >= 4 is 29.4 Å². The average Bonchev–Trinajstić information content (AvgIpc) is 3.67. The fraction of sp³-hybridized carbons (Fsp3) is 0.500. The molecule has 2 aliphatic rings. The minimum Gasteiger partial charge on any atom is -0.475 e. The molecule has 20 heteroatoms. The number of likely N-dealkylation sites (N-methyl/N-ethyl adjacent to an activating group) is 1. The third-order valence-corrected chi connectivity index (χ3v) is 6.87. The van der Waals surface area contributed by atoms with Gasteiger partial charge >= 0.3 is 24.3 Å². The number of carboxylic acids is 2. The third-order valence-electron chi connectivity index (χ3n) is 6.87. The maximum Gasteiger partial charge on any atom is 0.490 e. The Morgan fingerprint density at radius 1 is 0.913 bits per heavy atom. The van der Waals surface area contributed by atoms with Crippen LogP contribution in [0.1, 0.15) is 35.1 Å². The number of pyridine rings is 1. The molecule has 5 rings (SSSR count). The first-order valence-electron chi connectivity index (χ1n) is 13.8. The number of carbonyl (C=O) groups is 3. The number of aliphatic carboxylic acids is 2. The summed E-state index contributed by atoms with van der Waals surface area (Å²) in [5.41, 5.74) is 1.34. The monoisotopic (exact) mass is 663 g/mol. The Morgan fingerprint density at radius 3 is 2.07 bits per heavy atom. The Kier molecular flexibility index (Phi) is 12.2. The summed E-state index contributed by atoms with van der Waals surface area (Å²) >= 11 is 0. The van der Waals surface area contributed by atoms with Crippen molar-refractivity contribution in [2.24, 2.45) is 0 Å². The number of rotatable bonds is 6. The van der Waals surface area contributed by atoms with Crippen LogP contribution in [0.5, 0.6) is 0 Å². The van der Waals surface area contributed by atoms with E-state index in [-0.39, 0.29) is 11.9 Å². The van der Waals surface area contributed by atoms with Gasteiger partial charge in [-0.3, -0.25) is 14.1 Å². The van der Waals surface area contributed by atoms with E-state index in [1.165, 1.54) is 12.8 Å². The smallest absolute Gasteiger partial charge is 0.475 e. The van der Waals surface area contributed by atoms with Crippen LogP contribution in [-0.2, 0) is 9.59 Å². The number of halogens is 6. The van der Waals surface area contributed by atoms with Crippen LogP contribution in [0.15, 0.2) is 36.8 Å². The Hall–Kier alpha value is -4.59. The van der Waals surface area contributed by atoms with E-state index in [0.717, 1.165) is 50.1 Å². The number of piperazine rings is 1. The first-order chi connectivity index (χ1) is 21.6. The molecule has 0 radical (unpaired) electrons. The van der Waals surface area contributed by atoms with Gasteiger partial charge in [0.2, 0.25) is 5.95 Å². The molecule has 14 nitrogen and oxygen atoms in total. The van der Waals surface area contributed by atoms with E-state index >= 15 is 0 Å². The Bertz CT molecular complexity index is 1440. The molecule has 0 bridgehead atoms. The highest BCUT2D eigenvalue weighted by Gasteiger charge is 2.39. The Balaban J connectivity index is 0.000000345. The molecule has 2 aliphatic heterocycles. The lowest BCUT2D eigenvalue weighted by Gasteiger charge is -2.38. The number of alkyl halides is 6. The van der Waals surface area contributed by atoms with Crippen molar-refractivity contribution in [3.63, 3.8) is 0 Å². The van der Waals surface area contributed by atoms with Gasteiger partial charge in [0.1, 0.15) is 0 Å². The number of carbonyl (C=O) groups excluding carboxylic acids is 1. The molecular formula is C26H31F6N9O5. The fourth-order valence-electron chi connectivity index (χ4n) is 4.49. The van der Waals surface area contributed by atoms with Crippen molar-refractivity contribution in [1.82, 2.24) is 39.7 Å². The summed E-state index contributed by atoms with van der Waals surface area (Å²) in [6, 6.07) is 5.50. The number of hydrogen-bond acceptors (Lipinski definition) is 10. The van der Waals surface area contributed by atoms with Crippen molar-refractivity contribution in [3.05, 3.63) is 48.2 Å². The van der Waals surface area contributed by atoms with Gasteiger partial charge in [-0.15, -0.1) is 10.2 Å². The van der Waals surface area contributed by atoms with Crippen molar-refractivity contribution in [3.8, 4) is 0 Å². The second kappa shape index (κ2) is 15.6. The first kappa shape index (κ1) is 35.9. The summed E-state index contributed by atoms with van der Waals surface area (Å²) < 4.78 is 65.4. The van der Waals surface area contributed by atoms with Crippen LogP contribution in [0.25, 0.3) is 5.65 Å². The number of fused-ring (bicyclic) bond motifs is 1. The van der Waals surface area contributed by atoms with Crippen LogP contribution in [0, 0.1) is 0 Å². The Labute approximate surface area is 257 Å². The Morgan fingerprint density at radius 2 is 1.50 bits per heavy atom. The lowest BCUT2D eigenvalue weighted by atomic mass is 10.1. The molecule has 0 spiro atoms. The van der Waals surface area contributed by atoms with Crippen molar-refractivity contribution in [2.45, 2.75) is 31.2 Å². The highest BCUT2D eigenvalue weighted by Crippen LogP contribution is 2.25. The van der Waals surface area contributed by atoms with Crippen LogP contribution >= 0.6 is 0 Å². The van der Waals surface area contributed by atoms with Crippen LogP contribution in [0.2, 0.25) is 0 Å². The zero-order chi connectivity index (χ0) is 34.1. The number of hydrogen-bond donors (Lipinski definition) is 3. The number of nitrogens with zero attached hydrogens (tertiary/aromatic N) is 8. The average molecular weight is 664 g/mol. The minimum atomic E-state index is -5.08. The van der Waals surface area contributed by atoms with Gasteiger partial charge in [0.05, 0.1) is 11.6 Å². The van der Waals surface area contributed by atoms with Gasteiger partial charge in [-0.05, 0) is 51.2 Å². The lowest BCUT2D eigenvalue weighted by molar-refractivity contribution is -0.193. The second-order valence-corrected chi connectivity index (χ2v) is 10.1. The summed E-state index contributed by atoms with van der Waals surface area (Å²) in [6.45, 7) is 6.22. The molecule has 1 unspecified atom stereocenters. The number of aromatic nitrogens is 5. The van der Waals surface area contributed by atoms with Crippen LogP contribution in [0.4, 0.5) is 32.3 Å². The summed E-state index contributed by atoms with van der Waals surface area (Å²) in [5.74, 6) is -4.05. The van der Waals surface area contributed by atoms with Crippen LogP contribution in [0.3, 0.4) is 0 Å². The van der Waals surface area contributed by atoms with Crippen molar-refractivity contribution < 1.29 is 50.9 Å². The van der Waals surface area contributed by atoms with E-state index in [4.69, 9.17) is 19.8 Å². The predicted octanol–water partition coefficient (Wildman–Crippen LogP) is 2.10. The molecule has 3 N–H and O–H groups in total. The van der Waals surface area contributed by atoms with E-state index in [9.17, 15) is 31.1 Å². The second-order valence-electron chi connectivity index (χ2n) is 10.1. The molecule has 5 heterocycles. The maximum absolute atomic E-state index is 12.8. The van der Waals surface area contributed by atoms with Gasteiger partial charge in [0, 0.05) is 51.3 Å². The van der Waals surface area contributed by atoms with Crippen molar-refractivity contribution in [2.75, 3.05) is 57.8 Å². The normalized spacial score (nSPS) is 17.5. The van der Waals surface area contributed by atoms with Gasteiger partial charge in [0.15, 0.2) is 11.5 Å². The summed E-state index contributed by atoms with van der Waals surface area (Å²) in [6.07, 6.45) is -2.29. The minimum absolute atomic E-state index is 0.0102. The van der Waals surface area contributed by atoms with Gasteiger partial charge in [-0.1, -0.05) is 0 Å². The van der Waals surface area contributed by atoms with E-state index < -0.39 is 24.3 Å². The summed E-state index contributed by atoms with van der Waals surface area (Å²) in [5, 5.41) is 26.1. The molecule has 46 heavy (non-hydrogen) atoms. The highest BCUT2D eigenvalue weighted by molar-refractivity contribution is 5.94. The predicted molar refractivity (Wildman–Crippen MR) is 148 cm³/mol. The van der Waals surface area contributed by atoms with E-state index in [0.29, 0.717) is 18.7 Å². The summed E-state index contributed by atoms with van der Waals surface area (Å²) in [7, 11) is 2.09. The number of amides is 1. The number of nitrogens with one attached hydrogen (secondary N) is 1. The van der Waals surface area contributed by atoms with E-state index in [1.54, 1.807) is 12.4 Å². The molecule has 1 amide bonds. The first-order valence-corrected chi connectivity index (χ1v) is 13.8. The number of anilines is 1. The van der Waals surface area contributed by atoms with E-state index in [1.807, 2.05) is 28.8 Å². The lowest BCUT2D eigenvalue weighted by Crippen LogP contribution is -2.47. The molecule has 0 aliphatic carbocycles. The van der Waals surface area contributed by atoms with Gasteiger partial charge in [-0.2, -0.15) is 26.3 Å². The zero-order valence-corrected chi connectivity index (χ0v) is 24.4.